The molecule has 4 N–H and O–H groups in total. The predicted octanol–water partition coefficient (Wildman–Crippen LogP) is 2.78. The quantitative estimate of drug-likeness (QED) is 0.366. The van der Waals surface area contributed by atoms with Gasteiger partial charge in [-0.15, -0.1) is 0 Å². The van der Waals surface area contributed by atoms with Crippen LogP contribution in [-0.4, -0.2) is 40.0 Å². The molecule has 0 atom stereocenters. The molecule has 1 aromatic rings. The Hall–Kier alpha value is -2.15. The molecule has 1 aromatic carbocycles. The van der Waals surface area contributed by atoms with Crippen LogP contribution in [0.25, 0.3) is 0 Å². The first kappa shape index (κ1) is 18.9. The second-order valence-corrected chi connectivity index (χ2v) is 5.57. The van der Waals surface area contributed by atoms with Crippen LogP contribution in [0.2, 0.25) is 0 Å². The molecular weight excluding hydrogens is 312 g/mol. The highest BCUT2D eigenvalue weighted by atomic mass is 32.1. The second kappa shape index (κ2) is 10.6. The number of hydrazone groups is 1. The van der Waals surface area contributed by atoms with Gasteiger partial charge < -0.3 is 15.7 Å². The van der Waals surface area contributed by atoms with Gasteiger partial charge in [0, 0.05) is 13.1 Å². The molecule has 1 rings (SSSR count). The van der Waals surface area contributed by atoms with E-state index in [0.29, 0.717) is 25.9 Å². The van der Waals surface area contributed by atoms with Gasteiger partial charge in [0.15, 0.2) is 5.11 Å². The molecule has 0 bridgehead atoms. The van der Waals surface area contributed by atoms with Crippen LogP contribution >= 0.6 is 12.2 Å². The number of hydrogen-bond donors (Lipinski definition) is 3. The van der Waals surface area contributed by atoms with Gasteiger partial charge in [-0.05, 0) is 37.0 Å². The van der Waals surface area contributed by atoms with E-state index in [4.69, 9.17) is 18.0 Å². The van der Waals surface area contributed by atoms with E-state index in [0.717, 1.165) is 24.1 Å². The Bertz CT molecular complexity index is 534. The molecule has 1 amide bonds. The monoisotopic (exact) mass is 336 g/mol. The van der Waals surface area contributed by atoms with Crippen LogP contribution in [0.15, 0.2) is 35.4 Å². The number of nitrogens with one attached hydrogen (secondary N) is 1. The number of carboxylic acid groups (broad SMARTS) is 1. The molecule has 0 heterocycles. The molecule has 0 unspecified atom stereocenters. The molecular formula is C16H24N4O2S. The van der Waals surface area contributed by atoms with E-state index < -0.39 is 6.09 Å². The minimum Gasteiger partial charge on any atom is -0.465 e. The van der Waals surface area contributed by atoms with E-state index in [-0.39, 0.29) is 5.11 Å². The summed E-state index contributed by atoms with van der Waals surface area (Å²) in [6.45, 7) is 3.09. The molecule has 0 aliphatic heterocycles. The maximum atomic E-state index is 11.2. The molecule has 6 nitrogen and oxygen atoms in total. The molecule has 0 spiro atoms. The number of hydrogen-bond acceptors (Lipinski definition) is 3. The lowest BCUT2D eigenvalue weighted by molar-refractivity contribution is 0.144. The molecule has 0 aliphatic rings. The zero-order valence-corrected chi connectivity index (χ0v) is 14.2. The van der Waals surface area contributed by atoms with E-state index in [9.17, 15) is 9.90 Å². The normalized spacial score (nSPS) is 11.1. The lowest BCUT2D eigenvalue weighted by atomic mass is 10.1. The third-order valence-corrected chi connectivity index (χ3v) is 3.39. The van der Waals surface area contributed by atoms with Crippen molar-refractivity contribution in [3.05, 3.63) is 35.9 Å². The Kier molecular flexibility index (Phi) is 8.67. The lowest BCUT2D eigenvalue weighted by Gasteiger charge is -2.19. The number of benzene rings is 1. The summed E-state index contributed by atoms with van der Waals surface area (Å²) in [5.74, 6) is 0. The van der Waals surface area contributed by atoms with Crippen LogP contribution in [0.1, 0.15) is 38.2 Å². The van der Waals surface area contributed by atoms with Gasteiger partial charge >= 0.3 is 6.09 Å². The van der Waals surface area contributed by atoms with Crippen molar-refractivity contribution in [2.45, 2.75) is 32.6 Å². The maximum Gasteiger partial charge on any atom is 0.407 e. The fourth-order valence-corrected chi connectivity index (χ4v) is 2.15. The third kappa shape index (κ3) is 7.60. The highest BCUT2D eigenvalue weighted by Crippen LogP contribution is 2.08. The minimum absolute atomic E-state index is 0.105. The van der Waals surface area contributed by atoms with E-state index >= 15 is 0 Å². The van der Waals surface area contributed by atoms with Crippen molar-refractivity contribution in [3.8, 4) is 0 Å². The van der Waals surface area contributed by atoms with Crippen molar-refractivity contribution in [2.24, 2.45) is 10.8 Å². The van der Waals surface area contributed by atoms with Gasteiger partial charge in [0.1, 0.15) is 0 Å². The summed E-state index contributed by atoms with van der Waals surface area (Å²) in [6, 6.07) is 9.68. The van der Waals surface area contributed by atoms with Gasteiger partial charge in [-0.2, -0.15) is 5.10 Å². The summed E-state index contributed by atoms with van der Waals surface area (Å²) in [7, 11) is 0. The average molecular weight is 336 g/mol. The van der Waals surface area contributed by atoms with Crippen molar-refractivity contribution in [1.82, 2.24) is 10.3 Å². The molecule has 0 saturated carbocycles. The van der Waals surface area contributed by atoms with Crippen LogP contribution in [0.3, 0.4) is 0 Å². The van der Waals surface area contributed by atoms with Gasteiger partial charge in [-0.25, -0.2) is 4.79 Å². The third-order valence-electron chi connectivity index (χ3n) is 3.30. The molecule has 0 saturated heterocycles. The van der Waals surface area contributed by atoms with Crippen LogP contribution in [0, 0.1) is 0 Å². The number of amides is 1. The van der Waals surface area contributed by atoms with Crippen molar-refractivity contribution in [3.63, 3.8) is 0 Å². The van der Waals surface area contributed by atoms with Gasteiger partial charge in [-0.3, -0.25) is 5.43 Å². The number of unbranched alkanes of at least 4 members (excludes halogenated alkanes) is 1. The number of nitrogens with zero attached hydrogens (tertiary/aromatic N) is 2. The molecule has 0 aliphatic carbocycles. The highest BCUT2D eigenvalue weighted by Gasteiger charge is 2.11. The molecule has 0 radical (unpaired) electrons. The van der Waals surface area contributed by atoms with E-state index in [1.807, 2.05) is 37.3 Å². The summed E-state index contributed by atoms with van der Waals surface area (Å²) in [5, 5.41) is 13.5. The summed E-state index contributed by atoms with van der Waals surface area (Å²) in [4.78, 5) is 12.7. The van der Waals surface area contributed by atoms with Crippen LogP contribution in [0.5, 0.6) is 0 Å². The van der Waals surface area contributed by atoms with Crippen LogP contribution in [0.4, 0.5) is 4.79 Å². The maximum absolute atomic E-state index is 11.2. The number of rotatable bonds is 9. The fourth-order valence-electron chi connectivity index (χ4n) is 2.11. The standard InChI is InChI=1S/C16H24N4O2S/c1-2-3-11-20(16(21)22)12-7-10-14(18-19-15(17)23)13-8-5-4-6-9-13/h4-6,8-9H,2-3,7,10-12H2,1H3,(H,21,22)(H3,17,19,23). The SMILES string of the molecule is CCCCN(CCCC(=NNC(N)=S)c1ccccc1)C(=O)O. The number of nitrogens with two attached hydrogens (primary N) is 1. The van der Waals surface area contributed by atoms with Crippen molar-refractivity contribution >= 4 is 29.1 Å². The summed E-state index contributed by atoms with van der Waals surface area (Å²) < 4.78 is 0. The number of thiocarbonyl (C=S) groups is 1. The van der Waals surface area contributed by atoms with Crippen LogP contribution in [-0.2, 0) is 0 Å². The Balaban J connectivity index is 2.65. The second-order valence-electron chi connectivity index (χ2n) is 5.13. The summed E-state index contributed by atoms with van der Waals surface area (Å²) in [6.07, 6.45) is 2.28. The predicted molar refractivity (Wildman–Crippen MR) is 96.6 cm³/mol. The summed E-state index contributed by atoms with van der Waals surface area (Å²) in [5.41, 5.74) is 9.79. The number of carbonyl (C=O) groups is 1. The molecule has 0 aromatic heterocycles. The smallest absolute Gasteiger partial charge is 0.407 e. The molecule has 0 fully saturated rings. The van der Waals surface area contributed by atoms with Gasteiger partial charge in [0.05, 0.1) is 5.71 Å². The Morgan fingerprint density at radius 2 is 1.96 bits per heavy atom. The average Bonchev–Trinajstić information content (AvgIpc) is 2.53. The van der Waals surface area contributed by atoms with Gasteiger partial charge in [-0.1, -0.05) is 43.7 Å². The first-order valence-corrected chi connectivity index (χ1v) is 8.10. The Morgan fingerprint density at radius 3 is 2.52 bits per heavy atom. The molecule has 126 valence electrons. The van der Waals surface area contributed by atoms with Crippen molar-refractivity contribution in [2.75, 3.05) is 13.1 Å². The zero-order chi connectivity index (χ0) is 17.1. The highest BCUT2D eigenvalue weighted by molar-refractivity contribution is 7.80. The van der Waals surface area contributed by atoms with Gasteiger partial charge in [0.25, 0.3) is 0 Å². The minimum atomic E-state index is -0.877. The van der Waals surface area contributed by atoms with Crippen molar-refractivity contribution in [1.29, 1.82) is 0 Å². The Morgan fingerprint density at radius 1 is 1.30 bits per heavy atom. The van der Waals surface area contributed by atoms with Crippen LogP contribution < -0.4 is 11.2 Å². The van der Waals surface area contributed by atoms with E-state index in [1.54, 1.807) is 0 Å². The first-order chi connectivity index (χ1) is 11.0. The van der Waals surface area contributed by atoms with E-state index in [1.165, 1.54) is 4.90 Å². The topological polar surface area (TPSA) is 91.0 Å². The molecule has 23 heavy (non-hydrogen) atoms. The zero-order valence-electron chi connectivity index (χ0n) is 13.4. The van der Waals surface area contributed by atoms with E-state index in [2.05, 4.69) is 10.5 Å². The largest absolute Gasteiger partial charge is 0.465 e. The lowest BCUT2D eigenvalue weighted by Crippen LogP contribution is -2.32. The molecule has 7 heteroatoms. The first-order valence-electron chi connectivity index (χ1n) is 7.70. The Labute approximate surface area is 142 Å². The fraction of sp³-hybridized carbons (Fsp3) is 0.438. The van der Waals surface area contributed by atoms with Crippen molar-refractivity contribution < 1.29 is 9.90 Å². The summed E-state index contributed by atoms with van der Waals surface area (Å²) >= 11 is 4.77. The van der Waals surface area contributed by atoms with Gasteiger partial charge in [0.2, 0.25) is 0 Å².